The molecule has 2 aromatic rings. The van der Waals surface area contributed by atoms with Crippen LogP contribution in [-0.4, -0.2) is 16.5 Å². The van der Waals surface area contributed by atoms with Crippen LogP contribution < -0.4 is 5.32 Å². The van der Waals surface area contributed by atoms with Crippen molar-refractivity contribution in [3.05, 3.63) is 57.9 Å². The average molecular weight is 352 g/mol. The van der Waals surface area contributed by atoms with Gasteiger partial charge in [-0.3, -0.25) is 4.79 Å². The standard InChI is InChI=1S/C19H23F3N2O/c1-11(2)23-18(25)17-13(4)12(3)14(5)24(17)10-15-7-6-8-16(9-15)19(20,21)22/h6-9,11H,10H2,1-5H3,(H,23,25). The van der Waals surface area contributed by atoms with E-state index in [1.165, 1.54) is 6.07 Å². The van der Waals surface area contributed by atoms with Crippen LogP contribution in [0.4, 0.5) is 13.2 Å². The smallest absolute Gasteiger partial charge is 0.349 e. The number of nitrogens with one attached hydrogen (secondary N) is 1. The van der Waals surface area contributed by atoms with E-state index in [1.807, 2.05) is 34.6 Å². The lowest BCUT2D eigenvalue weighted by Gasteiger charge is -2.15. The normalized spacial score (nSPS) is 11.9. The molecule has 0 aliphatic rings. The minimum Gasteiger partial charge on any atom is -0.349 e. The molecular formula is C19H23F3N2O. The molecule has 3 nitrogen and oxygen atoms in total. The number of hydrogen-bond donors (Lipinski definition) is 1. The van der Waals surface area contributed by atoms with Gasteiger partial charge in [-0.1, -0.05) is 12.1 Å². The molecule has 1 amide bonds. The number of carbonyl (C=O) groups excluding carboxylic acids is 1. The highest BCUT2D eigenvalue weighted by atomic mass is 19.4. The molecule has 0 fully saturated rings. The molecule has 1 heterocycles. The maximum absolute atomic E-state index is 12.9. The summed E-state index contributed by atoms with van der Waals surface area (Å²) >= 11 is 0. The number of amides is 1. The Morgan fingerprint density at radius 3 is 2.36 bits per heavy atom. The predicted molar refractivity (Wildman–Crippen MR) is 91.8 cm³/mol. The van der Waals surface area contributed by atoms with Crippen LogP contribution in [0.1, 0.15) is 52.3 Å². The van der Waals surface area contributed by atoms with Gasteiger partial charge in [-0.05, 0) is 63.4 Å². The lowest BCUT2D eigenvalue weighted by Crippen LogP contribution is -2.32. The monoisotopic (exact) mass is 352 g/mol. The first-order valence-electron chi connectivity index (χ1n) is 8.15. The molecule has 0 saturated carbocycles. The average Bonchev–Trinajstić information content (AvgIpc) is 2.70. The topological polar surface area (TPSA) is 34.0 Å². The fourth-order valence-electron chi connectivity index (χ4n) is 2.87. The molecule has 1 N–H and O–H groups in total. The number of nitrogens with zero attached hydrogens (tertiary/aromatic N) is 1. The zero-order valence-corrected chi connectivity index (χ0v) is 15.1. The number of aromatic nitrogens is 1. The van der Waals surface area contributed by atoms with Crippen molar-refractivity contribution < 1.29 is 18.0 Å². The summed E-state index contributed by atoms with van der Waals surface area (Å²) in [6.45, 7) is 9.60. The third-order valence-electron chi connectivity index (χ3n) is 4.37. The molecule has 0 atom stereocenters. The van der Waals surface area contributed by atoms with Crippen LogP contribution >= 0.6 is 0 Å². The number of hydrogen-bond acceptors (Lipinski definition) is 1. The number of carbonyl (C=O) groups is 1. The first-order valence-corrected chi connectivity index (χ1v) is 8.15. The van der Waals surface area contributed by atoms with E-state index in [1.54, 1.807) is 10.6 Å². The van der Waals surface area contributed by atoms with Crippen LogP contribution in [0.25, 0.3) is 0 Å². The van der Waals surface area contributed by atoms with E-state index in [0.717, 1.165) is 29.0 Å². The van der Waals surface area contributed by atoms with Crippen molar-refractivity contribution in [2.75, 3.05) is 0 Å². The van der Waals surface area contributed by atoms with Gasteiger partial charge >= 0.3 is 6.18 Å². The van der Waals surface area contributed by atoms with Crippen molar-refractivity contribution >= 4 is 5.91 Å². The molecular weight excluding hydrogens is 329 g/mol. The van der Waals surface area contributed by atoms with Gasteiger partial charge < -0.3 is 9.88 Å². The van der Waals surface area contributed by atoms with Crippen LogP contribution in [-0.2, 0) is 12.7 Å². The van der Waals surface area contributed by atoms with Crippen LogP contribution in [0.5, 0.6) is 0 Å². The van der Waals surface area contributed by atoms with E-state index in [-0.39, 0.29) is 18.5 Å². The first-order chi connectivity index (χ1) is 11.5. The minimum absolute atomic E-state index is 0.0237. The second kappa shape index (κ2) is 6.94. The molecule has 1 aromatic heterocycles. The van der Waals surface area contributed by atoms with Crippen molar-refractivity contribution in [2.24, 2.45) is 0 Å². The summed E-state index contributed by atoms with van der Waals surface area (Å²) in [5.74, 6) is -0.212. The quantitative estimate of drug-likeness (QED) is 0.856. The van der Waals surface area contributed by atoms with Gasteiger partial charge in [0.1, 0.15) is 5.69 Å². The second-order valence-corrected chi connectivity index (χ2v) is 6.60. The molecule has 136 valence electrons. The molecule has 1 aromatic carbocycles. The van der Waals surface area contributed by atoms with Gasteiger partial charge in [-0.25, -0.2) is 0 Å². The fourth-order valence-corrected chi connectivity index (χ4v) is 2.87. The van der Waals surface area contributed by atoms with Crippen LogP contribution in [0.3, 0.4) is 0 Å². The Bertz CT molecular complexity index is 789. The lowest BCUT2D eigenvalue weighted by molar-refractivity contribution is -0.137. The van der Waals surface area contributed by atoms with Crippen LogP contribution in [0, 0.1) is 20.8 Å². The molecule has 6 heteroatoms. The predicted octanol–water partition coefficient (Wildman–Crippen LogP) is 4.62. The van der Waals surface area contributed by atoms with E-state index >= 15 is 0 Å². The second-order valence-electron chi connectivity index (χ2n) is 6.60. The minimum atomic E-state index is -4.38. The number of rotatable bonds is 4. The Balaban J connectivity index is 2.46. The van der Waals surface area contributed by atoms with Crippen LogP contribution in [0.2, 0.25) is 0 Å². The Morgan fingerprint density at radius 1 is 1.16 bits per heavy atom. The van der Waals surface area contributed by atoms with Gasteiger partial charge in [-0.15, -0.1) is 0 Å². The zero-order chi connectivity index (χ0) is 18.9. The Morgan fingerprint density at radius 2 is 1.80 bits per heavy atom. The summed E-state index contributed by atoms with van der Waals surface area (Å²) < 4.78 is 40.6. The highest BCUT2D eigenvalue weighted by Gasteiger charge is 2.30. The van der Waals surface area contributed by atoms with E-state index in [0.29, 0.717) is 11.3 Å². The van der Waals surface area contributed by atoms with Crippen molar-refractivity contribution in [3.8, 4) is 0 Å². The van der Waals surface area contributed by atoms with Gasteiger partial charge in [-0.2, -0.15) is 13.2 Å². The van der Waals surface area contributed by atoms with Crippen molar-refractivity contribution in [1.82, 2.24) is 9.88 Å². The highest BCUT2D eigenvalue weighted by molar-refractivity contribution is 5.95. The summed E-state index contributed by atoms with van der Waals surface area (Å²) in [6.07, 6.45) is -4.38. The molecule has 0 aliphatic carbocycles. The number of alkyl halides is 3. The molecule has 0 bridgehead atoms. The maximum Gasteiger partial charge on any atom is 0.416 e. The molecule has 0 spiro atoms. The molecule has 25 heavy (non-hydrogen) atoms. The van der Waals surface area contributed by atoms with Crippen molar-refractivity contribution in [1.29, 1.82) is 0 Å². The van der Waals surface area contributed by atoms with E-state index < -0.39 is 11.7 Å². The van der Waals surface area contributed by atoms with Gasteiger partial charge in [0.2, 0.25) is 0 Å². The summed E-state index contributed by atoms with van der Waals surface area (Å²) in [7, 11) is 0. The summed E-state index contributed by atoms with van der Waals surface area (Å²) in [6, 6.07) is 5.20. The Hall–Kier alpha value is -2.24. The summed E-state index contributed by atoms with van der Waals surface area (Å²) in [4.78, 5) is 12.6. The van der Waals surface area contributed by atoms with Gasteiger partial charge in [0.05, 0.1) is 5.56 Å². The molecule has 0 unspecified atom stereocenters. The molecule has 0 aliphatic heterocycles. The van der Waals surface area contributed by atoms with Crippen molar-refractivity contribution in [2.45, 2.75) is 53.4 Å². The molecule has 2 rings (SSSR count). The number of benzene rings is 1. The van der Waals surface area contributed by atoms with Gasteiger partial charge in [0.15, 0.2) is 0 Å². The number of halogens is 3. The highest BCUT2D eigenvalue weighted by Crippen LogP contribution is 2.30. The van der Waals surface area contributed by atoms with E-state index in [2.05, 4.69) is 5.32 Å². The molecule has 0 radical (unpaired) electrons. The Kier molecular flexibility index (Phi) is 5.30. The molecule has 0 saturated heterocycles. The fraction of sp³-hybridized carbons (Fsp3) is 0.421. The lowest BCUT2D eigenvalue weighted by atomic mass is 10.1. The summed E-state index contributed by atoms with van der Waals surface area (Å²) in [5, 5.41) is 2.86. The largest absolute Gasteiger partial charge is 0.416 e. The van der Waals surface area contributed by atoms with Crippen LogP contribution in [0.15, 0.2) is 24.3 Å². The zero-order valence-electron chi connectivity index (χ0n) is 15.1. The third-order valence-corrected chi connectivity index (χ3v) is 4.37. The SMILES string of the molecule is Cc1c(C)c(C(=O)NC(C)C)n(Cc2cccc(C(F)(F)F)c2)c1C. The van der Waals surface area contributed by atoms with Gasteiger partial charge in [0.25, 0.3) is 5.91 Å². The first kappa shape index (κ1) is 19.1. The van der Waals surface area contributed by atoms with E-state index in [9.17, 15) is 18.0 Å². The maximum atomic E-state index is 12.9. The van der Waals surface area contributed by atoms with Gasteiger partial charge in [0, 0.05) is 18.3 Å². The Labute approximate surface area is 145 Å². The summed E-state index contributed by atoms with van der Waals surface area (Å²) in [5.41, 5.74) is 3.02. The van der Waals surface area contributed by atoms with E-state index in [4.69, 9.17) is 0 Å². The third kappa shape index (κ3) is 4.06. The van der Waals surface area contributed by atoms with Crippen molar-refractivity contribution in [3.63, 3.8) is 0 Å².